The molecule has 0 radical (unpaired) electrons. The van der Waals surface area contributed by atoms with Crippen LogP contribution >= 0.6 is 22.9 Å². The van der Waals surface area contributed by atoms with E-state index in [4.69, 9.17) is 16.6 Å². The number of anilines is 1. The molecule has 4 rings (SSSR count). The van der Waals surface area contributed by atoms with Crippen molar-refractivity contribution < 1.29 is 4.79 Å². The minimum absolute atomic E-state index is 0.0414. The highest BCUT2D eigenvalue weighted by Gasteiger charge is 2.24. The predicted molar refractivity (Wildman–Crippen MR) is 102 cm³/mol. The van der Waals surface area contributed by atoms with Crippen molar-refractivity contribution in [2.24, 2.45) is 0 Å². The van der Waals surface area contributed by atoms with E-state index in [1.165, 1.54) is 0 Å². The fourth-order valence-corrected chi connectivity index (χ4v) is 4.23. The molecule has 0 atom stereocenters. The summed E-state index contributed by atoms with van der Waals surface area (Å²) in [6, 6.07) is 7.54. The predicted octanol–water partition coefficient (Wildman–Crippen LogP) is 3.62. The molecular weight excluding hydrogens is 356 g/mol. The monoisotopic (exact) mass is 372 g/mol. The van der Waals surface area contributed by atoms with Gasteiger partial charge in [-0.25, -0.2) is 4.98 Å². The van der Waals surface area contributed by atoms with Crippen LogP contribution in [-0.2, 0) is 0 Å². The Morgan fingerprint density at radius 2 is 2.00 bits per heavy atom. The number of carbonyl (C=O) groups is 1. The van der Waals surface area contributed by atoms with E-state index < -0.39 is 0 Å². The molecule has 1 aliphatic rings. The summed E-state index contributed by atoms with van der Waals surface area (Å²) >= 11 is 7.87. The average molecular weight is 373 g/mol. The van der Waals surface area contributed by atoms with Gasteiger partial charge in [0.2, 0.25) is 0 Å². The van der Waals surface area contributed by atoms with Crippen molar-refractivity contribution in [1.82, 2.24) is 14.9 Å². The maximum Gasteiger partial charge on any atom is 0.255 e. The summed E-state index contributed by atoms with van der Waals surface area (Å²) in [7, 11) is 0. The van der Waals surface area contributed by atoms with E-state index in [0.717, 1.165) is 39.0 Å². The van der Waals surface area contributed by atoms with Gasteiger partial charge in [-0.05, 0) is 36.8 Å². The molecule has 1 aliphatic heterocycles. The molecule has 0 unspecified atom stereocenters. The second-order valence-corrected chi connectivity index (χ2v) is 7.45. The molecule has 128 valence electrons. The molecule has 0 N–H and O–H groups in total. The van der Waals surface area contributed by atoms with E-state index in [9.17, 15) is 4.79 Å². The Bertz CT molecular complexity index is 919. The number of pyridine rings is 1. The zero-order valence-electron chi connectivity index (χ0n) is 13.8. The number of nitrogens with zero attached hydrogens (tertiary/aromatic N) is 4. The lowest BCUT2D eigenvalue weighted by Crippen LogP contribution is -2.48. The Morgan fingerprint density at radius 1 is 1.20 bits per heavy atom. The number of carbonyl (C=O) groups excluding carboxylic acids is 1. The first-order valence-electron chi connectivity index (χ1n) is 8.13. The van der Waals surface area contributed by atoms with Gasteiger partial charge in [0.1, 0.15) is 0 Å². The molecule has 1 amide bonds. The molecule has 0 aliphatic carbocycles. The van der Waals surface area contributed by atoms with Crippen molar-refractivity contribution in [1.29, 1.82) is 0 Å². The van der Waals surface area contributed by atoms with Gasteiger partial charge in [0.25, 0.3) is 5.91 Å². The first-order chi connectivity index (χ1) is 12.1. The molecule has 5 nitrogen and oxygen atoms in total. The van der Waals surface area contributed by atoms with Crippen LogP contribution in [0.3, 0.4) is 0 Å². The summed E-state index contributed by atoms with van der Waals surface area (Å²) in [4.78, 5) is 25.4. The highest BCUT2D eigenvalue weighted by molar-refractivity contribution is 7.22. The van der Waals surface area contributed by atoms with Crippen molar-refractivity contribution in [2.75, 3.05) is 31.1 Å². The number of piperazine rings is 1. The van der Waals surface area contributed by atoms with Crippen LogP contribution in [0, 0.1) is 6.92 Å². The van der Waals surface area contributed by atoms with Gasteiger partial charge in [0.05, 0.1) is 15.8 Å². The Kier molecular flexibility index (Phi) is 4.31. The van der Waals surface area contributed by atoms with Crippen LogP contribution in [-0.4, -0.2) is 47.0 Å². The number of thiazole rings is 1. The fraction of sp³-hybridized carbons (Fsp3) is 0.278. The fourth-order valence-electron chi connectivity index (χ4n) is 3.00. The zero-order chi connectivity index (χ0) is 17.4. The number of hydrogen-bond donors (Lipinski definition) is 0. The van der Waals surface area contributed by atoms with E-state index in [1.54, 1.807) is 29.8 Å². The van der Waals surface area contributed by atoms with E-state index >= 15 is 0 Å². The molecule has 25 heavy (non-hydrogen) atoms. The Labute approximate surface area is 154 Å². The minimum atomic E-state index is 0.0414. The summed E-state index contributed by atoms with van der Waals surface area (Å²) in [6.45, 7) is 4.92. The topological polar surface area (TPSA) is 49.3 Å². The molecule has 3 aromatic rings. The third kappa shape index (κ3) is 3.07. The maximum absolute atomic E-state index is 12.5. The Hall–Kier alpha value is -2.18. The van der Waals surface area contributed by atoms with Gasteiger partial charge < -0.3 is 9.80 Å². The van der Waals surface area contributed by atoms with Crippen LogP contribution in [0.25, 0.3) is 10.2 Å². The summed E-state index contributed by atoms with van der Waals surface area (Å²) in [5, 5.41) is 1.74. The van der Waals surface area contributed by atoms with Crippen molar-refractivity contribution >= 4 is 44.2 Å². The lowest BCUT2D eigenvalue weighted by Gasteiger charge is -2.34. The molecular formula is C18H17ClN4OS. The molecule has 0 saturated carbocycles. The van der Waals surface area contributed by atoms with Crippen molar-refractivity contribution in [2.45, 2.75) is 6.92 Å². The molecule has 7 heteroatoms. The summed E-state index contributed by atoms with van der Waals surface area (Å²) in [6.07, 6.45) is 3.30. The quantitative estimate of drug-likeness (QED) is 0.689. The zero-order valence-corrected chi connectivity index (χ0v) is 15.3. The standard InChI is InChI=1S/C18H17ClN4OS/c1-12-14(19)4-5-15-16(12)21-18(25-15)23-9-7-22(8-10-23)17(24)13-3-2-6-20-11-13/h2-6,11H,7-10H2,1H3. The first kappa shape index (κ1) is 16.3. The molecule has 3 heterocycles. The number of aryl methyl sites for hydroxylation is 1. The number of rotatable bonds is 2. The number of halogens is 1. The van der Waals surface area contributed by atoms with Crippen LogP contribution in [0.2, 0.25) is 5.02 Å². The second kappa shape index (κ2) is 6.61. The normalized spacial score (nSPS) is 15.0. The van der Waals surface area contributed by atoms with Crippen LogP contribution in [0.4, 0.5) is 5.13 Å². The highest BCUT2D eigenvalue weighted by Crippen LogP contribution is 2.33. The highest BCUT2D eigenvalue weighted by atomic mass is 35.5. The average Bonchev–Trinajstić information content (AvgIpc) is 3.10. The first-order valence-corrected chi connectivity index (χ1v) is 9.33. The van der Waals surface area contributed by atoms with Crippen LogP contribution in [0.1, 0.15) is 15.9 Å². The van der Waals surface area contributed by atoms with Crippen molar-refractivity contribution in [3.8, 4) is 0 Å². The summed E-state index contributed by atoms with van der Waals surface area (Å²) in [5.74, 6) is 0.0414. The SMILES string of the molecule is Cc1c(Cl)ccc2sc(N3CCN(C(=O)c4cccnc4)CC3)nc12. The largest absolute Gasteiger partial charge is 0.345 e. The second-order valence-electron chi connectivity index (χ2n) is 6.04. The molecule has 0 spiro atoms. The molecule has 1 aromatic carbocycles. The molecule has 0 bridgehead atoms. The van der Waals surface area contributed by atoms with E-state index in [0.29, 0.717) is 18.7 Å². The van der Waals surface area contributed by atoms with Crippen LogP contribution in [0.5, 0.6) is 0 Å². The van der Waals surface area contributed by atoms with Gasteiger partial charge in [0, 0.05) is 43.6 Å². The van der Waals surface area contributed by atoms with E-state index in [1.807, 2.05) is 30.0 Å². The van der Waals surface area contributed by atoms with Crippen LogP contribution < -0.4 is 4.90 Å². The van der Waals surface area contributed by atoms with Crippen LogP contribution in [0.15, 0.2) is 36.7 Å². The van der Waals surface area contributed by atoms with E-state index in [2.05, 4.69) is 9.88 Å². The molecule has 1 fully saturated rings. The third-order valence-electron chi connectivity index (χ3n) is 4.48. The molecule has 2 aromatic heterocycles. The summed E-state index contributed by atoms with van der Waals surface area (Å²) < 4.78 is 1.14. The number of aromatic nitrogens is 2. The van der Waals surface area contributed by atoms with Gasteiger partial charge in [-0.2, -0.15) is 0 Å². The smallest absolute Gasteiger partial charge is 0.255 e. The Morgan fingerprint density at radius 3 is 2.72 bits per heavy atom. The van der Waals surface area contributed by atoms with Crippen molar-refractivity contribution in [3.05, 3.63) is 52.8 Å². The van der Waals surface area contributed by atoms with Gasteiger partial charge in [-0.3, -0.25) is 9.78 Å². The van der Waals surface area contributed by atoms with Gasteiger partial charge >= 0.3 is 0 Å². The Balaban J connectivity index is 1.49. The lowest BCUT2D eigenvalue weighted by atomic mass is 10.2. The number of hydrogen-bond acceptors (Lipinski definition) is 5. The van der Waals surface area contributed by atoms with Crippen molar-refractivity contribution in [3.63, 3.8) is 0 Å². The summed E-state index contributed by atoms with van der Waals surface area (Å²) in [5.41, 5.74) is 2.63. The minimum Gasteiger partial charge on any atom is -0.345 e. The van der Waals surface area contributed by atoms with Gasteiger partial charge in [-0.1, -0.05) is 22.9 Å². The number of benzene rings is 1. The molecule has 1 saturated heterocycles. The number of fused-ring (bicyclic) bond motifs is 1. The van der Waals surface area contributed by atoms with Gasteiger partial charge in [-0.15, -0.1) is 0 Å². The number of amides is 1. The maximum atomic E-state index is 12.5. The van der Waals surface area contributed by atoms with E-state index in [-0.39, 0.29) is 5.91 Å². The third-order valence-corrected chi connectivity index (χ3v) is 5.97. The lowest BCUT2D eigenvalue weighted by molar-refractivity contribution is 0.0746. The van der Waals surface area contributed by atoms with Gasteiger partial charge in [0.15, 0.2) is 5.13 Å².